The average molecular weight is 237 g/mol. The van der Waals surface area contributed by atoms with Gasteiger partial charge in [0.05, 0.1) is 6.33 Å². The molecule has 1 aliphatic rings. The zero-order valence-electron chi connectivity index (χ0n) is 9.59. The van der Waals surface area contributed by atoms with Gasteiger partial charge in [-0.3, -0.25) is 9.59 Å². The Morgan fingerprint density at radius 3 is 2.94 bits per heavy atom. The Kier molecular flexibility index (Phi) is 3.10. The van der Waals surface area contributed by atoms with Crippen LogP contribution < -0.4 is 11.1 Å². The SMILES string of the molecule is Cn1cnc(C(=O)N2CCNC(C(N)=O)C2)c1. The van der Waals surface area contributed by atoms with Gasteiger partial charge in [-0.2, -0.15) is 0 Å². The second kappa shape index (κ2) is 4.54. The number of hydrogen-bond acceptors (Lipinski definition) is 4. The van der Waals surface area contributed by atoms with Crippen LogP contribution in [0.3, 0.4) is 0 Å². The molecule has 0 aromatic carbocycles. The number of aromatic nitrogens is 2. The van der Waals surface area contributed by atoms with E-state index in [0.717, 1.165) is 0 Å². The van der Waals surface area contributed by atoms with Gasteiger partial charge in [-0.15, -0.1) is 0 Å². The summed E-state index contributed by atoms with van der Waals surface area (Å²) in [5.41, 5.74) is 5.60. The van der Waals surface area contributed by atoms with E-state index in [1.165, 1.54) is 0 Å². The quantitative estimate of drug-likeness (QED) is 0.642. The van der Waals surface area contributed by atoms with E-state index in [9.17, 15) is 9.59 Å². The lowest BCUT2D eigenvalue weighted by Gasteiger charge is -2.31. The summed E-state index contributed by atoms with van der Waals surface area (Å²) in [6.07, 6.45) is 3.23. The number of carbonyl (C=O) groups excluding carboxylic acids is 2. The summed E-state index contributed by atoms with van der Waals surface area (Å²) in [5, 5.41) is 2.97. The number of nitrogens with one attached hydrogen (secondary N) is 1. The van der Waals surface area contributed by atoms with E-state index in [-0.39, 0.29) is 5.91 Å². The van der Waals surface area contributed by atoms with Gasteiger partial charge in [0, 0.05) is 32.9 Å². The van der Waals surface area contributed by atoms with E-state index in [1.807, 2.05) is 0 Å². The van der Waals surface area contributed by atoms with Crippen LogP contribution in [0.15, 0.2) is 12.5 Å². The summed E-state index contributed by atoms with van der Waals surface area (Å²) in [6, 6.07) is -0.476. The maximum Gasteiger partial charge on any atom is 0.274 e. The normalized spacial score (nSPS) is 20.3. The fraction of sp³-hybridized carbons (Fsp3) is 0.500. The van der Waals surface area contributed by atoms with Crippen molar-refractivity contribution >= 4 is 11.8 Å². The Morgan fingerprint density at radius 1 is 1.59 bits per heavy atom. The minimum absolute atomic E-state index is 0.168. The van der Waals surface area contributed by atoms with Crippen molar-refractivity contribution in [2.24, 2.45) is 12.8 Å². The van der Waals surface area contributed by atoms with E-state index in [1.54, 1.807) is 29.0 Å². The Balaban J connectivity index is 2.07. The molecule has 1 aromatic rings. The number of primary amides is 1. The molecule has 2 rings (SSSR count). The van der Waals surface area contributed by atoms with Crippen molar-refractivity contribution in [3.05, 3.63) is 18.2 Å². The summed E-state index contributed by atoms with van der Waals surface area (Å²) in [7, 11) is 1.80. The minimum atomic E-state index is -0.476. The number of amides is 2. The molecule has 0 aliphatic carbocycles. The predicted molar refractivity (Wildman–Crippen MR) is 60.1 cm³/mol. The monoisotopic (exact) mass is 237 g/mol. The van der Waals surface area contributed by atoms with Gasteiger partial charge in [-0.05, 0) is 0 Å². The van der Waals surface area contributed by atoms with Crippen LogP contribution in [0.2, 0.25) is 0 Å². The summed E-state index contributed by atoms with van der Waals surface area (Å²) >= 11 is 0. The summed E-state index contributed by atoms with van der Waals surface area (Å²) in [4.78, 5) is 28.7. The van der Waals surface area contributed by atoms with Gasteiger partial charge in [0.1, 0.15) is 11.7 Å². The molecule has 0 spiro atoms. The lowest BCUT2D eigenvalue weighted by Crippen LogP contribution is -2.57. The fourth-order valence-corrected chi connectivity index (χ4v) is 1.81. The topological polar surface area (TPSA) is 93.2 Å². The molecule has 3 N–H and O–H groups in total. The number of rotatable bonds is 2. The van der Waals surface area contributed by atoms with Gasteiger partial charge in [0.2, 0.25) is 5.91 Å². The molecule has 1 aliphatic heterocycles. The van der Waals surface area contributed by atoms with Crippen molar-refractivity contribution in [1.82, 2.24) is 19.8 Å². The zero-order valence-corrected chi connectivity index (χ0v) is 9.59. The molecule has 1 unspecified atom stereocenters. The summed E-state index contributed by atoms with van der Waals surface area (Å²) in [5.74, 6) is -0.609. The van der Waals surface area contributed by atoms with Crippen LogP contribution in [0.5, 0.6) is 0 Å². The lowest BCUT2D eigenvalue weighted by molar-refractivity contribution is -0.120. The van der Waals surface area contributed by atoms with Gasteiger partial charge in [-0.1, -0.05) is 0 Å². The molecule has 1 aromatic heterocycles. The molecular weight excluding hydrogens is 222 g/mol. The Bertz CT molecular complexity index is 442. The van der Waals surface area contributed by atoms with Crippen molar-refractivity contribution < 1.29 is 9.59 Å². The van der Waals surface area contributed by atoms with Crippen LogP contribution in [0.25, 0.3) is 0 Å². The first-order valence-corrected chi connectivity index (χ1v) is 5.38. The Hall–Kier alpha value is -1.89. The molecule has 1 fully saturated rings. The predicted octanol–water partition coefficient (Wildman–Crippen LogP) is -1.68. The van der Waals surface area contributed by atoms with E-state index < -0.39 is 11.9 Å². The number of nitrogens with two attached hydrogens (primary N) is 1. The van der Waals surface area contributed by atoms with Crippen LogP contribution in [0.4, 0.5) is 0 Å². The highest BCUT2D eigenvalue weighted by Gasteiger charge is 2.27. The van der Waals surface area contributed by atoms with Gasteiger partial charge >= 0.3 is 0 Å². The number of carbonyl (C=O) groups is 2. The largest absolute Gasteiger partial charge is 0.368 e. The second-order valence-electron chi connectivity index (χ2n) is 4.08. The highest BCUT2D eigenvalue weighted by molar-refractivity contribution is 5.93. The van der Waals surface area contributed by atoms with Crippen LogP contribution in [-0.2, 0) is 11.8 Å². The Labute approximate surface area is 98.6 Å². The summed E-state index contributed by atoms with van der Waals surface area (Å²) in [6.45, 7) is 1.41. The molecule has 0 radical (unpaired) electrons. The maximum absolute atomic E-state index is 12.1. The third-order valence-electron chi connectivity index (χ3n) is 2.73. The zero-order chi connectivity index (χ0) is 12.4. The highest BCUT2D eigenvalue weighted by atomic mass is 16.2. The van der Waals surface area contributed by atoms with Crippen molar-refractivity contribution in [1.29, 1.82) is 0 Å². The molecule has 17 heavy (non-hydrogen) atoms. The van der Waals surface area contributed by atoms with Crippen LogP contribution in [-0.4, -0.2) is 51.9 Å². The number of imidazole rings is 1. The third kappa shape index (κ3) is 2.44. The molecule has 2 heterocycles. The van der Waals surface area contributed by atoms with Gasteiger partial charge in [0.15, 0.2) is 0 Å². The number of hydrogen-bond donors (Lipinski definition) is 2. The van der Waals surface area contributed by atoms with E-state index in [4.69, 9.17) is 5.73 Å². The van der Waals surface area contributed by atoms with E-state index >= 15 is 0 Å². The molecule has 2 amide bonds. The van der Waals surface area contributed by atoms with Crippen LogP contribution in [0.1, 0.15) is 10.5 Å². The highest BCUT2D eigenvalue weighted by Crippen LogP contribution is 2.05. The molecule has 92 valence electrons. The van der Waals surface area contributed by atoms with Gasteiger partial charge < -0.3 is 20.5 Å². The van der Waals surface area contributed by atoms with Crippen molar-refractivity contribution in [2.45, 2.75) is 6.04 Å². The summed E-state index contributed by atoms with van der Waals surface area (Å²) < 4.78 is 1.71. The van der Waals surface area contributed by atoms with E-state index in [0.29, 0.717) is 25.3 Å². The Morgan fingerprint density at radius 2 is 2.35 bits per heavy atom. The molecule has 1 saturated heterocycles. The van der Waals surface area contributed by atoms with E-state index in [2.05, 4.69) is 10.3 Å². The van der Waals surface area contributed by atoms with Crippen LogP contribution in [0, 0.1) is 0 Å². The molecular formula is C10H15N5O2. The molecule has 7 heteroatoms. The second-order valence-corrected chi connectivity index (χ2v) is 4.08. The van der Waals surface area contributed by atoms with Gasteiger partial charge in [0.25, 0.3) is 5.91 Å². The average Bonchev–Trinajstić information content (AvgIpc) is 2.75. The van der Waals surface area contributed by atoms with Crippen LogP contribution >= 0.6 is 0 Å². The lowest BCUT2D eigenvalue weighted by atomic mass is 10.2. The molecule has 0 bridgehead atoms. The number of nitrogens with zero attached hydrogens (tertiary/aromatic N) is 3. The molecule has 0 saturated carbocycles. The first-order chi connectivity index (χ1) is 8.08. The smallest absolute Gasteiger partial charge is 0.274 e. The first-order valence-electron chi connectivity index (χ1n) is 5.38. The minimum Gasteiger partial charge on any atom is -0.368 e. The first kappa shape index (κ1) is 11.6. The fourth-order valence-electron chi connectivity index (χ4n) is 1.81. The molecule has 1 atom stereocenters. The van der Waals surface area contributed by atoms with Crippen molar-refractivity contribution in [3.63, 3.8) is 0 Å². The van der Waals surface area contributed by atoms with Gasteiger partial charge in [-0.25, -0.2) is 4.98 Å². The standard InChI is InChI=1S/C10H15N5O2/c1-14-4-8(13-6-14)10(17)15-3-2-12-7(5-15)9(11)16/h4,6-7,12H,2-3,5H2,1H3,(H2,11,16). The maximum atomic E-state index is 12.1. The molecule has 7 nitrogen and oxygen atoms in total. The van der Waals surface area contributed by atoms with Crippen molar-refractivity contribution in [2.75, 3.05) is 19.6 Å². The number of aryl methyl sites for hydroxylation is 1. The number of piperazine rings is 1. The third-order valence-corrected chi connectivity index (χ3v) is 2.73. The van der Waals surface area contributed by atoms with Crippen molar-refractivity contribution in [3.8, 4) is 0 Å².